The molecule has 0 heterocycles. The van der Waals surface area contributed by atoms with Crippen molar-refractivity contribution in [1.82, 2.24) is 0 Å². The number of methoxy groups -OCH3 is 2. The van der Waals surface area contributed by atoms with Gasteiger partial charge in [0.25, 0.3) is 0 Å². The van der Waals surface area contributed by atoms with Crippen molar-refractivity contribution in [2.75, 3.05) is 14.2 Å². The summed E-state index contributed by atoms with van der Waals surface area (Å²) in [6.07, 6.45) is -0.833. The van der Waals surface area contributed by atoms with Crippen LogP contribution in [0.2, 0.25) is 5.02 Å². The first-order valence-electron chi connectivity index (χ1n) is 6.64. The lowest BCUT2D eigenvalue weighted by Crippen LogP contribution is -2.03. The second-order valence-corrected chi connectivity index (χ2v) is 5.41. The minimum absolute atomic E-state index is 0.549. The number of aliphatic hydroxyl groups excluding tert-OH is 1. The minimum Gasteiger partial charge on any atom is -0.497 e. The van der Waals surface area contributed by atoms with Crippen LogP contribution in [0.5, 0.6) is 11.5 Å². The summed E-state index contributed by atoms with van der Waals surface area (Å²) in [5.41, 5.74) is 3.54. The van der Waals surface area contributed by atoms with E-state index in [4.69, 9.17) is 21.1 Å². The maximum Gasteiger partial charge on any atom is 0.122 e. The standard InChI is InChI=1S/C17H19ClO3/c1-10-5-15(16(18)6-11(10)2)17(19)12-7-13(20-3)9-14(8-12)21-4/h5-9,17,19H,1-4H3. The Balaban J connectivity index is 2.49. The summed E-state index contributed by atoms with van der Waals surface area (Å²) in [5.74, 6) is 1.26. The van der Waals surface area contributed by atoms with Gasteiger partial charge in [0.1, 0.15) is 17.6 Å². The molecule has 4 heteroatoms. The van der Waals surface area contributed by atoms with E-state index in [2.05, 4.69) is 0 Å². The van der Waals surface area contributed by atoms with E-state index in [0.717, 1.165) is 11.1 Å². The molecule has 0 fully saturated rings. The van der Waals surface area contributed by atoms with E-state index >= 15 is 0 Å². The number of halogens is 1. The van der Waals surface area contributed by atoms with Crippen LogP contribution in [0.3, 0.4) is 0 Å². The van der Waals surface area contributed by atoms with Crippen LogP contribution < -0.4 is 9.47 Å². The zero-order valence-electron chi connectivity index (χ0n) is 12.6. The topological polar surface area (TPSA) is 38.7 Å². The van der Waals surface area contributed by atoms with Gasteiger partial charge in [-0.3, -0.25) is 0 Å². The summed E-state index contributed by atoms with van der Waals surface area (Å²) in [5, 5.41) is 11.2. The average molecular weight is 307 g/mol. The van der Waals surface area contributed by atoms with E-state index in [-0.39, 0.29) is 0 Å². The highest BCUT2D eigenvalue weighted by Gasteiger charge is 2.17. The first-order chi connectivity index (χ1) is 9.96. The van der Waals surface area contributed by atoms with Crippen LogP contribution in [0.15, 0.2) is 30.3 Å². The number of ether oxygens (including phenoxy) is 2. The molecule has 1 atom stereocenters. The molecule has 0 amide bonds. The van der Waals surface area contributed by atoms with Crippen molar-refractivity contribution in [2.45, 2.75) is 20.0 Å². The predicted octanol–water partition coefficient (Wildman–Crippen LogP) is 4.06. The molecule has 2 aromatic carbocycles. The highest BCUT2D eigenvalue weighted by Crippen LogP contribution is 2.34. The van der Waals surface area contributed by atoms with E-state index in [1.165, 1.54) is 0 Å². The molecule has 0 aliphatic carbocycles. The monoisotopic (exact) mass is 306 g/mol. The van der Waals surface area contributed by atoms with Crippen LogP contribution in [-0.4, -0.2) is 19.3 Å². The van der Waals surface area contributed by atoms with Gasteiger partial charge in [-0.25, -0.2) is 0 Å². The van der Waals surface area contributed by atoms with Gasteiger partial charge < -0.3 is 14.6 Å². The van der Waals surface area contributed by atoms with Crippen LogP contribution in [0.4, 0.5) is 0 Å². The first kappa shape index (κ1) is 15.7. The number of hydrogen-bond acceptors (Lipinski definition) is 3. The number of aliphatic hydroxyl groups is 1. The highest BCUT2D eigenvalue weighted by molar-refractivity contribution is 6.31. The van der Waals surface area contributed by atoms with Gasteiger partial charge >= 0.3 is 0 Å². The van der Waals surface area contributed by atoms with Crippen molar-refractivity contribution in [3.05, 3.63) is 57.6 Å². The third-order valence-corrected chi connectivity index (χ3v) is 3.92. The van der Waals surface area contributed by atoms with Crippen LogP contribution in [0, 0.1) is 13.8 Å². The van der Waals surface area contributed by atoms with Gasteiger partial charge in [-0.05, 0) is 48.7 Å². The van der Waals surface area contributed by atoms with Gasteiger partial charge in [0.15, 0.2) is 0 Å². The minimum atomic E-state index is -0.833. The molecule has 2 aromatic rings. The quantitative estimate of drug-likeness (QED) is 0.926. The summed E-state index contributed by atoms with van der Waals surface area (Å²) >= 11 is 6.27. The fourth-order valence-electron chi connectivity index (χ4n) is 2.18. The number of aryl methyl sites for hydroxylation is 2. The predicted molar refractivity (Wildman–Crippen MR) is 84.5 cm³/mol. The van der Waals surface area contributed by atoms with Crippen LogP contribution >= 0.6 is 11.6 Å². The number of hydrogen-bond donors (Lipinski definition) is 1. The third kappa shape index (κ3) is 3.31. The Labute approximate surface area is 130 Å². The summed E-state index contributed by atoms with van der Waals surface area (Å²) in [6, 6.07) is 9.09. The SMILES string of the molecule is COc1cc(OC)cc(C(O)c2cc(C)c(C)cc2Cl)c1. The Morgan fingerprint density at radius 1 is 0.905 bits per heavy atom. The summed E-state index contributed by atoms with van der Waals surface area (Å²) in [6.45, 7) is 3.99. The van der Waals surface area contributed by atoms with Crippen molar-refractivity contribution in [3.8, 4) is 11.5 Å². The molecule has 0 radical (unpaired) electrons. The molecule has 1 unspecified atom stereocenters. The second-order valence-electron chi connectivity index (χ2n) is 5.01. The van der Waals surface area contributed by atoms with Crippen LogP contribution in [-0.2, 0) is 0 Å². The van der Waals surface area contributed by atoms with Gasteiger partial charge in [0, 0.05) is 16.7 Å². The molecule has 3 nitrogen and oxygen atoms in total. The smallest absolute Gasteiger partial charge is 0.122 e. The normalized spacial score (nSPS) is 12.1. The van der Waals surface area contributed by atoms with Crippen molar-refractivity contribution in [1.29, 1.82) is 0 Å². The van der Waals surface area contributed by atoms with Crippen LogP contribution in [0.25, 0.3) is 0 Å². The van der Waals surface area contributed by atoms with Crippen molar-refractivity contribution < 1.29 is 14.6 Å². The molecule has 0 aromatic heterocycles. The van der Waals surface area contributed by atoms with E-state index in [9.17, 15) is 5.11 Å². The Bertz CT molecular complexity index is 630. The maximum absolute atomic E-state index is 10.6. The first-order valence-corrected chi connectivity index (χ1v) is 7.01. The van der Waals surface area contributed by atoms with Gasteiger partial charge in [0.2, 0.25) is 0 Å². The third-order valence-electron chi connectivity index (χ3n) is 3.60. The Kier molecular flexibility index (Phi) is 4.76. The molecule has 21 heavy (non-hydrogen) atoms. The lowest BCUT2D eigenvalue weighted by Gasteiger charge is -2.17. The van der Waals surface area contributed by atoms with Crippen LogP contribution in [0.1, 0.15) is 28.4 Å². The average Bonchev–Trinajstić information content (AvgIpc) is 2.49. The van der Waals surface area contributed by atoms with Crippen molar-refractivity contribution in [2.24, 2.45) is 0 Å². The van der Waals surface area contributed by atoms with E-state index < -0.39 is 6.10 Å². The molecule has 0 bridgehead atoms. The fourth-order valence-corrected chi connectivity index (χ4v) is 2.50. The fraction of sp³-hybridized carbons (Fsp3) is 0.294. The Morgan fingerprint density at radius 2 is 1.43 bits per heavy atom. The molecular formula is C17H19ClO3. The molecule has 2 rings (SSSR count). The molecule has 112 valence electrons. The van der Waals surface area contributed by atoms with Crippen molar-refractivity contribution >= 4 is 11.6 Å². The largest absolute Gasteiger partial charge is 0.497 e. The van der Waals surface area contributed by atoms with Gasteiger partial charge in [-0.2, -0.15) is 0 Å². The van der Waals surface area contributed by atoms with Crippen molar-refractivity contribution in [3.63, 3.8) is 0 Å². The summed E-state index contributed by atoms with van der Waals surface area (Å²) < 4.78 is 10.5. The molecule has 0 saturated heterocycles. The lowest BCUT2D eigenvalue weighted by atomic mass is 9.97. The summed E-state index contributed by atoms with van der Waals surface area (Å²) in [4.78, 5) is 0. The summed E-state index contributed by atoms with van der Waals surface area (Å²) in [7, 11) is 3.15. The van der Waals surface area contributed by atoms with E-state index in [0.29, 0.717) is 27.6 Å². The maximum atomic E-state index is 10.6. The molecule has 1 N–H and O–H groups in total. The molecule has 0 saturated carbocycles. The van der Waals surface area contributed by atoms with Gasteiger partial charge in [-0.1, -0.05) is 17.7 Å². The Morgan fingerprint density at radius 3 is 1.95 bits per heavy atom. The highest BCUT2D eigenvalue weighted by atomic mass is 35.5. The second kappa shape index (κ2) is 6.37. The van der Waals surface area contributed by atoms with E-state index in [1.807, 2.05) is 26.0 Å². The zero-order valence-corrected chi connectivity index (χ0v) is 13.4. The lowest BCUT2D eigenvalue weighted by molar-refractivity contribution is 0.219. The molecular weight excluding hydrogens is 288 g/mol. The molecule has 0 spiro atoms. The number of benzene rings is 2. The molecule has 0 aliphatic rings. The Hall–Kier alpha value is -1.71. The van der Waals surface area contributed by atoms with Gasteiger partial charge in [0.05, 0.1) is 14.2 Å². The van der Waals surface area contributed by atoms with Gasteiger partial charge in [-0.15, -0.1) is 0 Å². The zero-order chi connectivity index (χ0) is 15.6. The molecule has 0 aliphatic heterocycles. The van der Waals surface area contributed by atoms with E-state index in [1.54, 1.807) is 32.4 Å². The number of rotatable bonds is 4.